The summed E-state index contributed by atoms with van der Waals surface area (Å²) in [6, 6.07) is 4.99. The molecule has 0 bridgehead atoms. The summed E-state index contributed by atoms with van der Waals surface area (Å²) in [5, 5.41) is 14.0. The number of nitrogens with zero attached hydrogens (tertiary/aromatic N) is 1. The van der Waals surface area contributed by atoms with E-state index >= 15 is 0 Å². The molecule has 2 rings (SSSR count). The first-order chi connectivity index (χ1) is 7.58. The van der Waals surface area contributed by atoms with Gasteiger partial charge in [-0.3, -0.25) is 10.1 Å². The van der Waals surface area contributed by atoms with Crippen molar-refractivity contribution in [2.75, 3.05) is 11.9 Å². The van der Waals surface area contributed by atoms with Crippen molar-refractivity contribution < 1.29 is 4.92 Å². The third-order valence-electron chi connectivity index (χ3n) is 3.03. The first-order valence-electron chi connectivity index (χ1n) is 5.24. The van der Waals surface area contributed by atoms with Gasteiger partial charge in [0.15, 0.2) is 0 Å². The molecule has 0 saturated heterocycles. The van der Waals surface area contributed by atoms with Gasteiger partial charge in [-0.15, -0.1) is 0 Å². The molecule has 1 aliphatic heterocycles. The van der Waals surface area contributed by atoms with E-state index in [1.54, 1.807) is 18.2 Å². The molecule has 1 N–H and O–H groups in total. The molecule has 0 atom stereocenters. The van der Waals surface area contributed by atoms with Gasteiger partial charge in [0.1, 0.15) is 0 Å². The van der Waals surface area contributed by atoms with Gasteiger partial charge in [-0.2, -0.15) is 0 Å². The van der Waals surface area contributed by atoms with Gasteiger partial charge in [-0.25, -0.2) is 0 Å². The minimum Gasteiger partial charge on any atom is -0.381 e. The topological polar surface area (TPSA) is 55.2 Å². The predicted molar refractivity (Wildman–Crippen MR) is 63.7 cm³/mol. The lowest BCUT2D eigenvalue weighted by molar-refractivity contribution is -0.384. The molecule has 0 unspecified atom stereocenters. The Kier molecular flexibility index (Phi) is 2.64. The minimum atomic E-state index is -0.350. The van der Waals surface area contributed by atoms with E-state index in [9.17, 15) is 10.1 Å². The SMILES string of the molecule is CC1=C(C)Cc2cc([N+](=O)[O-])ccc2NC1. The number of nitrogens with one attached hydrogen (secondary N) is 1. The number of benzene rings is 1. The van der Waals surface area contributed by atoms with Crippen molar-refractivity contribution in [3.05, 3.63) is 45.0 Å². The van der Waals surface area contributed by atoms with Gasteiger partial charge in [0.25, 0.3) is 5.69 Å². The van der Waals surface area contributed by atoms with Crippen LogP contribution in [0.4, 0.5) is 11.4 Å². The van der Waals surface area contributed by atoms with Crippen LogP contribution in [-0.4, -0.2) is 11.5 Å². The number of fused-ring (bicyclic) bond motifs is 1. The minimum absolute atomic E-state index is 0.160. The second-order valence-electron chi connectivity index (χ2n) is 4.19. The summed E-state index contributed by atoms with van der Waals surface area (Å²) in [4.78, 5) is 10.3. The molecule has 1 aromatic rings. The normalized spacial score (nSPS) is 15.1. The Balaban J connectivity index is 2.43. The third-order valence-corrected chi connectivity index (χ3v) is 3.03. The Bertz CT molecular complexity index is 478. The maximum atomic E-state index is 10.7. The van der Waals surface area contributed by atoms with Crippen LogP contribution in [-0.2, 0) is 6.42 Å². The van der Waals surface area contributed by atoms with Crippen LogP contribution in [0, 0.1) is 10.1 Å². The Hall–Kier alpha value is -1.84. The van der Waals surface area contributed by atoms with Crippen molar-refractivity contribution in [1.82, 2.24) is 0 Å². The summed E-state index contributed by atoms with van der Waals surface area (Å²) in [5.74, 6) is 0. The van der Waals surface area contributed by atoms with Gasteiger partial charge in [-0.1, -0.05) is 11.1 Å². The lowest BCUT2D eigenvalue weighted by atomic mass is 10.0. The van der Waals surface area contributed by atoms with Crippen molar-refractivity contribution in [2.24, 2.45) is 0 Å². The van der Waals surface area contributed by atoms with E-state index in [2.05, 4.69) is 19.2 Å². The number of rotatable bonds is 1. The lowest BCUT2D eigenvalue weighted by Crippen LogP contribution is -2.02. The maximum absolute atomic E-state index is 10.7. The largest absolute Gasteiger partial charge is 0.381 e. The van der Waals surface area contributed by atoms with Gasteiger partial charge in [0.2, 0.25) is 0 Å². The molecule has 0 amide bonds. The van der Waals surface area contributed by atoms with Gasteiger partial charge >= 0.3 is 0 Å². The molecule has 0 aromatic heterocycles. The highest BCUT2D eigenvalue weighted by Gasteiger charge is 2.14. The second-order valence-corrected chi connectivity index (χ2v) is 4.19. The highest BCUT2D eigenvalue weighted by molar-refractivity contribution is 5.59. The maximum Gasteiger partial charge on any atom is 0.269 e. The molecule has 1 aliphatic rings. The number of nitro groups is 1. The van der Waals surface area contributed by atoms with Crippen LogP contribution >= 0.6 is 0 Å². The summed E-state index contributed by atoms with van der Waals surface area (Å²) in [6.45, 7) is 4.98. The smallest absolute Gasteiger partial charge is 0.269 e. The average molecular weight is 218 g/mol. The summed E-state index contributed by atoms with van der Waals surface area (Å²) in [6.07, 6.45) is 0.788. The van der Waals surface area contributed by atoms with Crippen LogP contribution in [0.5, 0.6) is 0 Å². The number of nitro benzene ring substituents is 1. The number of allylic oxidation sites excluding steroid dienone is 1. The Morgan fingerprint density at radius 1 is 1.31 bits per heavy atom. The number of hydrogen-bond acceptors (Lipinski definition) is 3. The van der Waals surface area contributed by atoms with Crippen molar-refractivity contribution in [3.8, 4) is 0 Å². The van der Waals surface area contributed by atoms with Crippen molar-refractivity contribution in [3.63, 3.8) is 0 Å². The van der Waals surface area contributed by atoms with E-state index in [1.807, 2.05) is 0 Å². The summed E-state index contributed by atoms with van der Waals surface area (Å²) in [7, 11) is 0. The second kappa shape index (κ2) is 3.96. The molecule has 0 fully saturated rings. The molecule has 0 saturated carbocycles. The Morgan fingerprint density at radius 2 is 2.06 bits per heavy atom. The van der Waals surface area contributed by atoms with E-state index in [0.29, 0.717) is 0 Å². The van der Waals surface area contributed by atoms with Crippen molar-refractivity contribution in [2.45, 2.75) is 20.3 Å². The van der Waals surface area contributed by atoms with Crippen LogP contribution in [0.3, 0.4) is 0 Å². The lowest BCUT2D eigenvalue weighted by Gasteiger charge is -2.07. The Morgan fingerprint density at radius 3 is 2.75 bits per heavy atom. The summed E-state index contributed by atoms with van der Waals surface area (Å²) in [5.41, 5.74) is 4.75. The van der Waals surface area contributed by atoms with Crippen LogP contribution in [0.15, 0.2) is 29.3 Å². The van der Waals surface area contributed by atoms with Gasteiger partial charge in [0.05, 0.1) is 4.92 Å². The molecule has 0 radical (unpaired) electrons. The van der Waals surface area contributed by atoms with Gasteiger partial charge in [0, 0.05) is 24.4 Å². The zero-order chi connectivity index (χ0) is 11.7. The third kappa shape index (κ3) is 1.91. The van der Waals surface area contributed by atoms with E-state index in [1.165, 1.54) is 11.1 Å². The first-order valence-corrected chi connectivity index (χ1v) is 5.24. The molecule has 1 aromatic carbocycles. The number of non-ortho nitro benzene ring substituents is 1. The Labute approximate surface area is 94.1 Å². The van der Waals surface area contributed by atoms with E-state index in [-0.39, 0.29) is 10.6 Å². The molecule has 1 heterocycles. The quantitative estimate of drug-likeness (QED) is 0.448. The molecule has 0 aliphatic carbocycles. The monoisotopic (exact) mass is 218 g/mol. The molecular weight excluding hydrogens is 204 g/mol. The predicted octanol–water partition coefficient (Wildman–Crippen LogP) is 2.90. The molecular formula is C12H14N2O2. The van der Waals surface area contributed by atoms with Gasteiger partial charge < -0.3 is 5.32 Å². The fourth-order valence-corrected chi connectivity index (χ4v) is 1.83. The zero-order valence-corrected chi connectivity index (χ0v) is 9.41. The average Bonchev–Trinajstić information content (AvgIpc) is 2.38. The summed E-state index contributed by atoms with van der Waals surface area (Å²) >= 11 is 0. The summed E-state index contributed by atoms with van der Waals surface area (Å²) < 4.78 is 0. The standard InChI is InChI=1S/C12H14N2O2/c1-8-5-10-6-11(14(15)16)3-4-12(10)13-7-9(8)2/h3-4,6,13H,5,7H2,1-2H3. The van der Waals surface area contributed by atoms with E-state index in [4.69, 9.17) is 0 Å². The van der Waals surface area contributed by atoms with Crippen LogP contribution in [0.1, 0.15) is 19.4 Å². The van der Waals surface area contributed by atoms with Crippen molar-refractivity contribution in [1.29, 1.82) is 0 Å². The van der Waals surface area contributed by atoms with Crippen LogP contribution in [0.25, 0.3) is 0 Å². The number of anilines is 1. The van der Waals surface area contributed by atoms with Gasteiger partial charge in [-0.05, 0) is 31.9 Å². The fourth-order valence-electron chi connectivity index (χ4n) is 1.83. The van der Waals surface area contributed by atoms with E-state index < -0.39 is 0 Å². The fraction of sp³-hybridized carbons (Fsp3) is 0.333. The van der Waals surface area contributed by atoms with Crippen LogP contribution in [0.2, 0.25) is 0 Å². The van der Waals surface area contributed by atoms with Crippen molar-refractivity contribution >= 4 is 11.4 Å². The van der Waals surface area contributed by atoms with Crippen LogP contribution < -0.4 is 5.32 Å². The first kappa shape index (κ1) is 10.7. The molecule has 84 valence electrons. The van der Waals surface area contributed by atoms with E-state index in [0.717, 1.165) is 24.2 Å². The molecule has 4 heteroatoms. The highest BCUT2D eigenvalue weighted by atomic mass is 16.6. The number of hydrogen-bond donors (Lipinski definition) is 1. The molecule has 16 heavy (non-hydrogen) atoms. The zero-order valence-electron chi connectivity index (χ0n) is 9.41. The molecule has 0 spiro atoms. The highest BCUT2D eigenvalue weighted by Crippen LogP contribution is 2.27. The molecule has 4 nitrogen and oxygen atoms in total.